The third-order valence-corrected chi connectivity index (χ3v) is 6.91. The van der Waals surface area contributed by atoms with Crippen LogP contribution in [0.15, 0.2) is 52.4 Å². The molecule has 4 rings (SSSR count). The fourth-order valence-electron chi connectivity index (χ4n) is 3.80. The van der Waals surface area contributed by atoms with Gasteiger partial charge in [0.15, 0.2) is 5.16 Å². The number of carbonyl (C=O) groups excluding carboxylic acids is 1. The molecule has 1 saturated heterocycles. The molecule has 168 valence electrons. The molecule has 1 atom stereocenters. The van der Waals surface area contributed by atoms with E-state index in [9.17, 15) is 9.59 Å². The van der Waals surface area contributed by atoms with Crippen molar-refractivity contribution >= 4 is 40.2 Å². The highest BCUT2D eigenvalue weighted by atomic mass is 35.5. The van der Waals surface area contributed by atoms with Crippen molar-refractivity contribution in [2.75, 3.05) is 19.4 Å². The number of amides is 1. The quantitative estimate of drug-likeness (QED) is 0.380. The molecule has 32 heavy (non-hydrogen) atoms. The van der Waals surface area contributed by atoms with Crippen molar-refractivity contribution in [3.8, 4) is 0 Å². The van der Waals surface area contributed by atoms with E-state index in [-0.39, 0.29) is 23.3 Å². The Balaban J connectivity index is 1.56. The Hall–Kier alpha value is -2.35. The van der Waals surface area contributed by atoms with Gasteiger partial charge in [0.2, 0.25) is 5.91 Å². The lowest BCUT2D eigenvalue weighted by Gasteiger charge is -2.19. The number of aromatic nitrogens is 2. The van der Waals surface area contributed by atoms with E-state index in [1.807, 2.05) is 31.2 Å². The first-order chi connectivity index (χ1) is 15.4. The summed E-state index contributed by atoms with van der Waals surface area (Å²) < 4.78 is 7.39. The molecule has 3 aromatic rings. The largest absolute Gasteiger partial charge is 0.376 e. The Labute approximate surface area is 196 Å². The third kappa shape index (κ3) is 5.17. The summed E-state index contributed by atoms with van der Waals surface area (Å²) in [5, 5.41) is 1.55. The summed E-state index contributed by atoms with van der Waals surface area (Å²) in [4.78, 5) is 32.4. The Morgan fingerprint density at radius 1 is 1.31 bits per heavy atom. The number of hydrogen-bond donors (Lipinski definition) is 0. The molecule has 0 saturated carbocycles. The van der Waals surface area contributed by atoms with Crippen LogP contribution in [0.25, 0.3) is 10.9 Å². The average Bonchev–Trinajstić information content (AvgIpc) is 3.29. The van der Waals surface area contributed by atoms with Crippen LogP contribution in [-0.4, -0.2) is 45.9 Å². The second-order valence-electron chi connectivity index (χ2n) is 8.07. The number of nitrogens with zero attached hydrogens (tertiary/aromatic N) is 3. The van der Waals surface area contributed by atoms with Gasteiger partial charge in [-0.1, -0.05) is 47.6 Å². The number of ether oxygens (including phenoxy) is 1. The van der Waals surface area contributed by atoms with Crippen molar-refractivity contribution in [3.05, 3.63) is 69.0 Å². The molecule has 0 bridgehead atoms. The predicted octanol–water partition coefficient (Wildman–Crippen LogP) is 4.29. The second kappa shape index (κ2) is 10.1. The molecule has 0 N–H and O–H groups in total. The van der Waals surface area contributed by atoms with Gasteiger partial charge >= 0.3 is 0 Å². The third-order valence-electron chi connectivity index (χ3n) is 5.71. The number of halogens is 1. The van der Waals surface area contributed by atoms with Gasteiger partial charge in [-0.05, 0) is 49.1 Å². The minimum atomic E-state index is -0.134. The van der Waals surface area contributed by atoms with Gasteiger partial charge in [0.05, 0.1) is 29.3 Å². The van der Waals surface area contributed by atoms with Crippen molar-refractivity contribution in [2.45, 2.75) is 44.1 Å². The van der Waals surface area contributed by atoms with E-state index in [0.29, 0.717) is 40.8 Å². The second-order valence-corrected chi connectivity index (χ2v) is 9.45. The van der Waals surface area contributed by atoms with Crippen LogP contribution < -0.4 is 5.56 Å². The number of rotatable bonds is 7. The molecular weight excluding hydrogens is 446 g/mol. The number of benzene rings is 2. The lowest BCUT2D eigenvalue weighted by Crippen LogP contribution is -2.30. The minimum absolute atomic E-state index is 0.0157. The summed E-state index contributed by atoms with van der Waals surface area (Å²) in [6.07, 6.45) is 1.88. The van der Waals surface area contributed by atoms with Gasteiger partial charge in [-0.15, -0.1) is 0 Å². The molecule has 1 unspecified atom stereocenters. The number of thioether (sulfide) groups is 1. The van der Waals surface area contributed by atoms with Crippen molar-refractivity contribution in [1.29, 1.82) is 0 Å². The summed E-state index contributed by atoms with van der Waals surface area (Å²) in [7, 11) is 1.79. The summed E-state index contributed by atoms with van der Waals surface area (Å²) in [6.45, 7) is 3.71. The molecule has 1 aliphatic rings. The van der Waals surface area contributed by atoms with Gasteiger partial charge in [-0.3, -0.25) is 14.2 Å². The SMILES string of the molecule is Cc1ccccc1CN(C)C(=O)CSc1nc2cc(Cl)ccc2c(=O)n1CC1CCCO1. The molecule has 0 radical (unpaired) electrons. The van der Waals surface area contributed by atoms with Crippen LogP contribution >= 0.6 is 23.4 Å². The maximum absolute atomic E-state index is 13.2. The molecule has 2 heterocycles. The fraction of sp³-hybridized carbons (Fsp3) is 0.375. The number of hydrogen-bond acceptors (Lipinski definition) is 5. The zero-order valence-electron chi connectivity index (χ0n) is 18.2. The van der Waals surface area contributed by atoms with Crippen LogP contribution in [0.3, 0.4) is 0 Å². The predicted molar refractivity (Wildman–Crippen MR) is 128 cm³/mol. The average molecular weight is 472 g/mol. The van der Waals surface area contributed by atoms with Crippen molar-refractivity contribution in [1.82, 2.24) is 14.5 Å². The molecule has 8 heteroatoms. The van der Waals surface area contributed by atoms with Gasteiger partial charge in [-0.2, -0.15) is 0 Å². The molecule has 2 aromatic carbocycles. The molecule has 1 aromatic heterocycles. The molecule has 0 spiro atoms. The smallest absolute Gasteiger partial charge is 0.262 e. The lowest BCUT2D eigenvalue weighted by atomic mass is 10.1. The first-order valence-corrected chi connectivity index (χ1v) is 12.0. The fourth-order valence-corrected chi connectivity index (χ4v) is 4.92. The molecule has 1 aliphatic heterocycles. The van der Waals surface area contributed by atoms with Gasteiger partial charge in [-0.25, -0.2) is 4.98 Å². The maximum Gasteiger partial charge on any atom is 0.262 e. The minimum Gasteiger partial charge on any atom is -0.376 e. The summed E-state index contributed by atoms with van der Waals surface area (Å²) in [6, 6.07) is 13.1. The van der Waals surface area contributed by atoms with Gasteiger partial charge in [0, 0.05) is 25.2 Å². The lowest BCUT2D eigenvalue weighted by molar-refractivity contribution is -0.127. The number of fused-ring (bicyclic) bond motifs is 1. The van der Waals surface area contributed by atoms with E-state index in [2.05, 4.69) is 4.98 Å². The zero-order valence-corrected chi connectivity index (χ0v) is 19.8. The number of carbonyl (C=O) groups is 1. The Morgan fingerprint density at radius 2 is 2.12 bits per heavy atom. The molecule has 1 amide bonds. The van der Waals surface area contributed by atoms with Crippen molar-refractivity contribution in [3.63, 3.8) is 0 Å². The van der Waals surface area contributed by atoms with Crippen LogP contribution in [0.1, 0.15) is 24.0 Å². The normalized spacial score (nSPS) is 15.9. The summed E-state index contributed by atoms with van der Waals surface area (Å²) in [5.74, 6) is 0.161. The standard InChI is InChI=1S/C24H26ClN3O3S/c1-16-6-3-4-7-17(16)13-27(2)22(29)15-32-24-26-21-12-18(25)9-10-20(21)23(30)28(24)14-19-8-5-11-31-19/h3-4,6-7,9-10,12,19H,5,8,11,13-15H2,1-2H3. The van der Waals surface area contributed by atoms with E-state index >= 15 is 0 Å². The van der Waals surface area contributed by atoms with Crippen LogP contribution in [0, 0.1) is 6.92 Å². The van der Waals surface area contributed by atoms with E-state index in [1.54, 1.807) is 34.7 Å². The van der Waals surface area contributed by atoms with E-state index in [0.717, 1.165) is 24.0 Å². The monoisotopic (exact) mass is 471 g/mol. The van der Waals surface area contributed by atoms with E-state index < -0.39 is 0 Å². The number of aryl methyl sites for hydroxylation is 1. The molecule has 0 aliphatic carbocycles. The van der Waals surface area contributed by atoms with Crippen LogP contribution in [-0.2, 0) is 22.6 Å². The summed E-state index contributed by atoms with van der Waals surface area (Å²) >= 11 is 7.40. The van der Waals surface area contributed by atoms with Crippen molar-refractivity contribution < 1.29 is 9.53 Å². The maximum atomic E-state index is 13.2. The first kappa shape index (κ1) is 22.8. The molecular formula is C24H26ClN3O3S. The highest BCUT2D eigenvalue weighted by molar-refractivity contribution is 7.99. The van der Waals surface area contributed by atoms with Gasteiger partial charge in [0.1, 0.15) is 0 Å². The van der Waals surface area contributed by atoms with Gasteiger partial charge in [0.25, 0.3) is 5.56 Å². The topological polar surface area (TPSA) is 64.4 Å². The van der Waals surface area contributed by atoms with Crippen LogP contribution in [0.2, 0.25) is 5.02 Å². The Bertz CT molecular complexity index is 1190. The summed E-state index contributed by atoms with van der Waals surface area (Å²) in [5.41, 5.74) is 2.67. The van der Waals surface area contributed by atoms with E-state index in [1.165, 1.54) is 11.8 Å². The Kier molecular flexibility index (Phi) is 7.18. The van der Waals surface area contributed by atoms with Gasteiger partial charge < -0.3 is 9.64 Å². The first-order valence-electron chi connectivity index (χ1n) is 10.7. The van der Waals surface area contributed by atoms with Crippen LogP contribution in [0.4, 0.5) is 0 Å². The van der Waals surface area contributed by atoms with E-state index in [4.69, 9.17) is 16.3 Å². The highest BCUT2D eigenvalue weighted by Gasteiger charge is 2.21. The Morgan fingerprint density at radius 3 is 2.88 bits per heavy atom. The molecule has 1 fully saturated rings. The molecule has 6 nitrogen and oxygen atoms in total. The van der Waals surface area contributed by atoms with Crippen LogP contribution in [0.5, 0.6) is 0 Å². The zero-order chi connectivity index (χ0) is 22.7. The highest BCUT2D eigenvalue weighted by Crippen LogP contribution is 2.23. The van der Waals surface area contributed by atoms with Crippen molar-refractivity contribution in [2.24, 2.45) is 0 Å².